The summed E-state index contributed by atoms with van der Waals surface area (Å²) in [6.45, 7) is 10.3. The lowest BCUT2D eigenvalue weighted by Gasteiger charge is -2.61. The third-order valence-electron chi connectivity index (χ3n) is 19.8. The number of aliphatic hydroxyl groups excluding tert-OH is 13. The molecule has 426 valence electrons. The van der Waals surface area contributed by atoms with Crippen LogP contribution in [0.15, 0.2) is 12.2 Å². The zero-order valence-corrected chi connectivity index (χ0v) is 42.7. The lowest BCUT2D eigenvalue weighted by Crippen LogP contribution is -2.67. The molecule has 0 unspecified atom stereocenters. The topological polar surface area (TPSA) is 366 Å². The van der Waals surface area contributed by atoms with Crippen LogP contribution < -0.4 is 0 Å². The lowest BCUT2D eigenvalue weighted by molar-refractivity contribution is -0.389. The molecule has 4 aliphatic carbocycles. The van der Waals surface area contributed by atoms with Gasteiger partial charge in [-0.15, -0.1) is 0 Å². The third kappa shape index (κ3) is 10.2. The van der Waals surface area contributed by atoms with Crippen molar-refractivity contribution in [2.45, 2.75) is 233 Å². The fourth-order valence-corrected chi connectivity index (χ4v) is 15.4. The lowest BCUT2D eigenvalue weighted by atomic mass is 9.44. The van der Waals surface area contributed by atoms with Gasteiger partial charge in [0.25, 0.3) is 0 Å². The summed E-state index contributed by atoms with van der Waals surface area (Å²) in [7, 11) is 0. The second kappa shape index (κ2) is 22.4. The van der Waals surface area contributed by atoms with Crippen molar-refractivity contribution in [1.29, 1.82) is 0 Å². The van der Waals surface area contributed by atoms with Crippen molar-refractivity contribution in [2.24, 2.45) is 46.3 Å². The molecule has 0 spiro atoms. The number of aliphatic hydroxyl groups is 14. The average molecular weight is 1070 g/mol. The van der Waals surface area contributed by atoms with Crippen molar-refractivity contribution in [2.75, 3.05) is 26.4 Å². The fourth-order valence-electron chi connectivity index (χ4n) is 15.4. The Morgan fingerprint density at radius 1 is 0.568 bits per heavy atom. The highest BCUT2D eigenvalue weighted by molar-refractivity contribution is 5.15. The molecule has 4 saturated carbocycles. The number of fused-ring (bicyclic) bond motifs is 7. The maximum atomic E-state index is 12.1. The van der Waals surface area contributed by atoms with Gasteiger partial charge in [0.15, 0.2) is 30.9 Å². The van der Waals surface area contributed by atoms with Gasteiger partial charge < -0.3 is 114 Å². The summed E-state index contributed by atoms with van der Waals surface area (Å²) >= 11 is 0. The van der Waals surface area contributed by atoms with E-state index < -0.39 is 148 Å². The molecular weight excluding hydrogens is 981 g/mol. The van der Waals surface area contributed by atoms with E-state index in [-0.39, 0.29) is 41.5 Å². The molecule has 9 fully saturated rings. The first kappa shape index (κ1) is 57.5. The Balaban J connectivity index is 0.783. The summed E-state index contributed by atoms with van der Waals surface area (Å²) < 4.78 is 53.5. The van der Waals surface area contributed by atoms with E-state index in [0.717, 1.165) is 38.5 Å². The summed E-state index contributed by atoms with van der Waals surface area (Å²) in [5.41, 5.74) is 0.596. The summed E-state index contributed by atoms with van der Waals surface area (Å²) in [6.07, 6.45) is -23.3. The van der Waals surface area contributed by atoms with Crippen LogP contribution in [0.4, 0.5) is 0 Å². The van der Waals surface area contributed by atoms with Crippen LogP contribution in [-0.2, 0) is 42.6 Å². The second-order valence-corrected chi connectivity index (χ2v) is 23.8. The minimum absolute atomic E-state index is 0.0169. The minimum Gasteiger partial charge on any atom is -0.394 e. The van der Waals surface area contributed by atoms with E-state index in [9.17, 15) is 71.5 Å². The standard InChI is InChI=1S/C51H84O23/c1-20(19-66-45-40(62)37(59)34(56)29(16-52)69-45)8-13-51(65)21(2)32-28(74-51)15-27-25-7-6-23-14-24(9-11-49(23,4)26(25)10-12-50(27,32)5)68-47-42(64)39(61)43(31(18-54)71-47)72-48-44(38(60)35(57)30(17-53)70-48)73-46-41(63)36(58)33(55)22(3)67-46/h21-48,52-65H,1,6-19H2,2-5H3/t21-,22-,23+,24-,25+,26-,27-,28-,29+,30+,31+,32-,33-,34+,35+,36+,37-,38-,39+,40+,41+,42+,43-,44+,45+,46-,47+,48-,49-,50-,51+/m0/s1. The summed E-state index contributed by atoms with van der Waals surface area (Å²) in [5, 5.41) is 149. The third-order valence-corrected chi connectivity index (χ3v) is 19.8. The Kier molecular flexibility index (Phi) is 17.4. The number of rotatable bonds is 15. The molecule has 5 saturated heterocycles. The maximum absolute atomic E-state index is 12.1. The Bertz CT molecular complexity index is 1900. The van der Waals surface area contributed by atoms with Gasteiger partial charge in [-0.1, -0.05) is 32.9 Å². The Labute approximate surface area is 430 Å². The summed E-state index contributed by atoms with van der Waals surface area (Å²) in [5.74, 6) is 0.277. The van der Waals surface area contributed by atoms with Crippen molar-refractivity contribution in [3.8, 4) is 0 Å². The minimum atomic E-state index is -1.84. The number of hydrogen-bond acceptors (Lipinski definition) is 23. The SMILES string of the molecule is C=C(CC[C@@]1(O)O[C@H]2C[C@H]3[C@@H]4CC[C@@H]5C[C@@H](O[C@@H]6O[C@H](CO)[C@H](O[C@@H]7O[C@H](CO)[C@@H](O)[C@H](O)[C@H]7O[C@@H]7O[C@@H](C)[C@H](O)[C@@H](O)[C@H]7O)[C@H](O)[C@H]6O)CC[C@]5(C)[C@H]4CC[C@]3(C)[C@H]2[C@@H]1C)CO[C@@H]1O[C@H](CO)[C@@H](O)[C@H](O)[C@H]1O. The van der Waals surface area contributed by atoms with E-state index >= 15 is 0 Å². The van der Waals surface area contributed by atoms with Gasteiger partial charge in [-0.2, -0.15) is 0 Å². The molecule has 0 amide bonds. The van der Waals surface area contributed by atoms with Gasteiger partial charge in [-0.3, -0.25) is 0 Å². The predicted molar refractivity (Wildman–Crippen MR) is 250 cm³/mol. The van der Waals surface area contributed by atoms with Crippen LogP contribution in [-0.4, -0.2) is 239 Å². The van der Waals surface area contributed by atoms with Crippen molar-refractivity contribution in [3.05, 3.63) is 12.2 Å². The van der Waals surface area contributed by atoms with Crippen LogP contribution in [0.2, 0.25) is 0 Å². The zero-order chi connectivity index (χ0) is 53.5. The predicted octanol–water partition coefficient (Wildman–Crippen LogP) is -3.01. The highest BCUT2D eigenvalue weighted by Crippen LogP contribution is 2.71. The average Bonchev–Trinajstić information content (AvgIpc) is 3.83. The second-order valence-electron chi connectivity index (χ2n) is 23.8. The normalized spacial score (nSPS) is 55.5. The first-order chi connectivity index (χ1) is 35.0. The number of ether oxygens (including phenoxy) is 9. The molecule has 23 nitrogen and oxygen atoms in total. The highest BCUT2D eigenvalue weighted by Gasteiger charge is 2.68. The van der Waals surface area contributed by atoms with Gasteiger partial charge in [0.1, 0.15) is 91.6 Å². The Hall–Kier alpha value is -1.18. The molecule has 31 atom stereocenters. The van der Waals surface area contributed by atoms with Gasteiger partial charge in [0, 0.05) is 12.3 Å². The van der Waals surface area contributed by atoms with Crippen LogP contribution in [0.3, 0.4) is 0 Å². The van der Waals surface area contributed by atoms with Crippen LogP contribution in [0.1, 0.15) is 91.9 Å². The van der Waals surface area contributed by atoms with Gasteiger partial charge in [0.2, 0.25) is 0 Å². The summed E-state index contributed by atoms with van der Waals surface area (Å²) in [6, 6.07) is 0. The number of hydrogen-bond donors (Lipinski definition) is 14. The molecule has 0 bridgehead atoms. The molecule has 0 aromatic heterocycles. The van der Waals surface area contributed by atoms with Crippen molar-refractivity contribution >= 4 is 0 Å². The van der Waals surface area contributed by atoms with Crippen molar-refractivity contribution in [1.82, 2.24) is 0 Å². The largest absolute Gasteiger partial charge is 0.394 e. The molecule has 74 heavy (non-hydrogen) atoms. The first-order valence-corrected chi connectivity index (χ1v) is 26.9. The van der Waals surface area contributed by atoms with E-state index in [1.165, 1.54) is 6.92 Å². The van der Waals surface area contributed by atoms with Crippen molar-refractivity contribution < 1.29 is 114 Å². The van der Waals surface area contributed by atoms with E-state index in [1.807, 2.05) is 0 Å². The van der Waals surface area contributed by atoms with E-state index in [2.05, 4.69) is 27.4 Å². The molecule has 0 radical (unpaired) electrons. The zero-order valence-electron chi connectivity index (χ0n) is 42.7. The molecule has 0 aromatic rings. The van der Waals surface area contributed by atoms with E-state index in [4.69, 9.17) is 42.6 Å². The highest BCUT2D eigenvalue weighted by atomic mass is 16.8. The van der Waals surface area contributed by atoms with E-state index in [1.54, 1.807) is 0 Å². The molecular formula is C51H84O23. The Morgan fingerprint density at radius 2 is 1.14 bits per heavy atom. The van der Waals surface area contributed by atoms with Gasteiger partial charge in [0.05, 0.1) is 44.7 Å². The van der Waals surface area contributed by atoms with Gasteiger partial charge >= 0.3 is 0 Å². The van der Waals surface area contributed by atoms with Crippen LogP contribution in [0.25, 0.3) is 0 Å². The smallest absolute Gasteiger partial charge is 0.187 e. The maximum Gasteiger partial charge on any atom is 0.187 e. The molecule has 5 heterocycles. The van der Waals surface area contributed by atoms with Crippen LogP contribution in [0.5, 0.6) is 0 Å². The molecule has 5 aliphatic heterocycles. The van der Waals surface area contributed by atoms with E-state index in [0.29, 0.717) is 54.9 Å². The van der Waals surface area contributed by atoms with Crippen molar-refractivity contribution in [3.63, 3.8) is 0 Å². The molecule has 14 N–H and O–H groups in total. The first-order valence-electron chi connectivity index (χ1n) is 26.9. The molecule has 9 aliphatic rings. The summed E-state index contributed by atoms with van der Waals surface area (Å²) in [4.78, 5) is 0. The monoisotopic (exact) mass is 1060 g/mol. The van der Waals surface area contributed by atoms with Gasteiger partial charge in [-0.05, 0) is 105 Å². The fraction of sp³-hybridized carbons (Fsp3) is 0.961. The molecule has 23 heteroatoms. The van der Waals surface area contributed by atoms with Gasteiger partial charge in [-0.25, -0.2) is 0 Å². The quantitative estimate of drug-likeness (QED) is 0.0574. The Morgan fingerprint density at radius 3 is 1.82 bits per heavy atom. The molecule has 0 aromatic carbocycles. The van der Waals surface area contributed by atoms with Crippen LogP contribution >= 0.6 is 0 Å². The molecule has 9 rings (SSSR count). The van der Waals surface area contributed by atoms with Crippen LogP contribution in [0, 0.1) is 46.3 Å².